The Kier molecular flexibility index (Phi) is 4.24. The van der Waals surface area contributed by atoms with Gasteiger partial charge in [-0.15, -0.1) is 10.2 Å². The maximum Gasteiger partial charge on any atom is 0.260 e. The van der Waals surface area contributed by atoms with E-state index in [4.69, 9.17) is 18.6 Å². The summed E-state index contributed by atoms with van der Waals surface area (Å²) in [7, 11) is 0. The Morgan fingerprint density at radius 1 is 0.929 bits per heavy atom. The highest BCUT2D eigenvalue weighted by molar-refractivity contribution is 5.41. The Morgan fingerprint density at radius 2 is 1.68 bits per heavy atom. The van der Waals surface area contributed by atoms with Crippen LogP contribution in [0, 0.1) is 5.82 Å². The maximum absolute atomic E-state index is 13.4. The van der Waals surface area contributed by atoms with Crippen LogP contribution in [0.1, 0.15) is 36.3 Å². The third-order valence-corrected chi connectivity index (χ3v) is 5.38. The topological polar surface area (TPSA) is 66.6 Å². The zero-order valence-corrected chi connectivity index (χ0v) is 15.1. The molecule has 0 saturated carbocycles. The number of fused-ring (bicyclic) bond motifs is 1. The van der Waals surface area contributed by atoms with Gasteiger partial charge in [-0.05, 0) is 42.7 Å². The fourth-order valence-corrected chi connectivity index (χ4v) is 3.81. The normalized spacial score (nSPS) is 20.7. The van der Waals surface area contributed by atoms with Crippen molar-refractivity contribution in [3.8, 4) is 11.5 Å². The fourth-order valence-electron chi connectivity index (χ4n) is 3.81. The first-order valence-corrected chi connectivity index (χ1v) is 9.31. The molecule has 144 valence electrons. The van der Waals surface area contributed by atoms with Gasteiger partial charge in [0.15, 0.2) is 11.5 Å². The van der Waals surface area contributed by atoms with Crippen molar-refractivity contribution < 1.29 is 23.0 Å². The van der Waals surface area contributed by atoms with E-state index in [1.54, 1.807) is 12.1 Å². The molecule has 1 saturated heterocycles. The summed E-state index contributed by atoms with van der Waals surface area (Å²) >= 11 is 0. The van der Waals surface area contributed by atoms with Gasteiger partial charge in [0.05, 0.1) is 5.41 Å². The van der Waals surface area contributed by atoms with Gasteiger partial charge in [0.2, 0.25) is 12.0 Å². The number of ether oxygens (including phenoxy) is 3. The Balaban J connectivity index is 1.47. The van der Waals surface area contributed by atoms with Crippen molar-refractivity contribution in [2.75, 3.05) is 19.8 Å². The van der Waals surface area contributed by atoms with E-state index in [0.717, 1.165) is 5.56 Å². The van der Waals surface area contributed by atoms with Crippen molar-refractivity contribution in [3.63, 3.8) is 0 Å². The highest BCUT2D eigenvalue weighted by Gasteiger charge is 2.42. The van der Waals surface area contributed by atoms with Gasteiger partial charge >= 0.3 is 0 Å². The predicted octanol–water partition coefficient (Wildman–Crippen LogP) is 3.82. The number of nitrogens with zero attached hydrogens (tertiary/aromatic N) is 2. The molecule has 0 N–H and O–H groups in total. The average molecular weight is 382 g/mol. The number of rotatable bonds is 3. The molecule has 0 aliphatic carbocycles. The number of benzene rings is 2. The lowest BCUT2D eigenvalue weighted by Gasteiger charge is -2.34. The summed E-state index contributed by atoms with van der Waals surface area (Å²) in [6, 6.07) is 14.0. The SMILES string of the molecule is Fc1ccc(C2(c3nnc([C@@H]4COc5ccccc5O4)o3)CCOCC2)cc1. The molecule has 1 atom stereocenters. The summed E-state index contributed by atoms with van der Waals surface area (Å²) in [5, 5.41) is 8.58. The lowest BCUT2D eigenvalue weighted by Crippen LogP contribution is -2.35. The van der Waals surface area contributed by atoms with Crippen LogP contribution in [-0.2, 0) is 10.2 Å². The van der Waals surface area contributed by atoms with E-state index in [0.29, 0.717) is 55.9 Å². The van der Waals surface area contributed by atoms with E-state index >= 15 is 0 Å². The third kappa shape index (κ3) is 2.92. The van der Waals surface area contributed by atoms with Gasteiger partial charge in [-0.25, -0.2) is 4.39 Å². The highest BCUT2D eigenvalue weighted by Crippen LogP contribution is 2.42. The summed E-state index contributed by atoms with van der Waals surface area (Å²) in [5.74, 6) is 1.95. The van der Waals surface area contributed by atoms with Crippen LogP contribution in [0.3, 0.4) is 0 Å². The third-order valence-electron chi connectivity index (χ3n) is 5.38. The fraction of sp³-hybridized carbons (Fsp3) is 0.333. The van der Waals surface area contributed by atoms with Gasteiger partial charge in [0.25, 0.3) is 5.89 Å². The van der Waals surface area contributed by atoms with Crippen LogP contribution >= 0.6 is 0 Å². The first-order chi connectivity index (χ1) is 13.7. The summed E-state index contributed by atoms with van der Waals surface area (Å²) in [5.41, 5.74) is 0.448. The molecule has 6 nitrogen and oxygen atoms in total. The largest absolute Gasteiger partial charge is 0.485 e. The summed E-state index contributed by atoms with van der Waals surface area (Å²) < 4.78 is 36.8. The van der Waals surface area contributed by atoms with Crippen molar-refractivity contribution >= 4 is 0 Å². The Hall–Kier alpha value is -2.93. The van der Waals surface area contributed by atoms with Crippen molar-refractivity contribution in [2.45, 2.75) is 24.4 Å². The predicted molar refractivity (Wildman–Crippen MR) is 96.8 cm³/mol. The number of halogens is 1. The molecular weight excluding hydrogens is 363 g/mol. The minimum Gasteiger partial charge on any atom is -0.485 e. The zero-order chi connectivity index (χ0) is 19.0. The molecule has 1 fully saturated rings. The van der Waals surface area contributed by atoms with Crippen molar-refractivity contribution in [2.24, 2.45) is 0 Å². The van der Waals surface area contributed by atoms with Crippen molar-refractivity contribution in [3.05, 3.63) is 71.7 Å². The van der Waals surface area contributed by atoms with Crippen LogP contribution in [0.5, 0.6) is 11.5 Å². The number of para-hydroxylation sites is 2. The van der Waals surface area contributed by atoms with Gasteiger partial charge in [-0.2, -0.15) is 0 Å². The summed E-state index contributed by atoms with van der Waals surface area (Å²) in [4.78, 5) is 0. The van der Waals surface area contributed by atoms with Crippen LogP contribution in [0.4, 0.5) is 4.39 Å². The molecule has 3 heterocycles. The highest BCUT2D eigenvalue weighted by atomic mass is 19.1. The first kappa shape index (κ1) is 17.2. The molecule has 0 radical (unpaired) electrons. The molecule has 0 unspecified atom stereocenters. The molecule has 28 heavy (non-hydrogen) atoms. The van der Waals surface area contributed by atoms with E-state index in [-0.39, 0.29) is 5.82 Å². The van der Waals surface area contributed by atoms with Gasteiger partial charge in [0.1, 0.15) is 12.4 Å². The van der Waals surface area contributed by atoms with Crippen LogP contribution in [0.2, 0.25) is 0 Å². The minimum absolute atomic E-state index is 0.274. The maximum atomic E-state index is 13.4. The Bertz CT molecular complexity index is 967. The standard InChI is InChI=1S/C21H19FN2O4/c22-15-7-5-14(6-8-15)21(9-11-25-12-10-21)20-24-23-19(28-20)18-13-26-16-3-1-2-4-17(16)27-18/h1-8,18H,9-13H2/t18-/m0/s1. The Labute approximate surface area is 161 Å². The first-order valence-electron chi connectivity index (χ1n) is 9.31. The molecule has 0 spiro atoms. The summed E-state index contributed by atoms with van der Waals surface area (Å²) in [6.45, 7) is 1.45. The van der Waals surface area contributed by atoms with Crippen molar-refractivity contribution in [1.82, 2.24) is 10.2 Å². The van der Waals surface area contributed by atoms with Gasteiger partial charge in [0, 0.05) is 13.2 Å². The molecule has 3 aromatic rings. The number of hydrogen-bond donors (Lipinski definition) is 0. The zero-order valence-electron chi connectivity index (χ0n) is 15.1. The molecule has 0 amide bonds. The Morgan fingerprint density at radius 3 is 2.46 bits per heavy atom. The van der Waals surface area contributed by atoms with Gasteiger partial charge in [-0.1, -0.05) is 24.3 Å². The lowest BCUT2D eigenvalue weighted by atomic mass is 9.74. The van der Waals surface area contributed by atoms with Crippen LogP contribution in [-0.4, -0.2) is 30.0 Å². The number of aromatic nitrogens is 2. The van der Waals surface area contributed by atoms with Gasteiger partial charge < -0.3 is 18.6 Å². The van der Waals surface area contributed by atoms with E-state index in [9.17, 15) is 4.39 Å². The molecule has 5 rings (SSSR count). The smallest absolute Gasteiger partial charge is 0.260 e. The van der Waals surface area contributed by atoms with Crippen LogP contribution in [0.25, 0.3) is 0 Å². The molecule has 1 aromatic heterocycles. The quantitative estimate of drug-likeness (QED) is 0.686. The van der Waals surface area contributed by atoms with Gasteiger partial charge in [-0.3, -0.25) is 0 Å². The van der Waals surface area contributed by atoms with E-state index in [1.807, 2.05) is 24.3 Å². The molecule has 0 bridgehead atoms. The van der Waals surface area contributed by atoms with E-state index < -0.39 is 11.5 Å². The van der Waals surface area contributed by atoms with E-state index in [1.165, 1.54) is 12.1 Å². The lowest BCUT2D eigenvalue weighted by molar-refractivity contribution is 0.0481. The number of hydrogen-bond acceptors (Lipinski definition) is 6. The molecule has 2 aliphatic heterocycles. The molecule has 2 aromatic carbocycles. The minimum atomic E-state index is -0.495. The second kappa shape index (κ2) is 6.91. The van der Waals surface area contributed by atoms with E-state index in [2.05, 4.69) is 10.2 Å². The van der Waals surface area contributed by atoms with Crippen molar-refractivity contribution in [1.29, 1.82) is 0 Å². The second-order valence-corrected chi connectivity index (χ2v) is 7.01. The molecule has 2 aliphatic rings. The van der Waals surface area contributed by atoms with Crippen LogP contribution < -0.4 is 9.47 Å². The molecule has 7 heteroatoms. The monoisotopic (exact) mass is 382 g/mol. The second-order valence-electron chi connectivity index (χ2n) is 7.01. The summed E-state index contributed by atoms with van der Waals surface area (Å²) in [6.07, 6.45) is 0.900. The van der Waals surface area contributed by atoms with Crippen LogP contribution in [0.15, 0.2) is 52.9 Å². The average Bonchev–Trinajstić information content (AvgIpc) is 3.25. The molecular formula is C21H19FN2O4.